The fourth-order valence-corrected chi connectivity index (χ4v) is 3.16. The molecule has 0 aliphatic carbocycles. The van der Waals surface area contributed by atoms with Crippen molar-refractivity contribution in [2.24, 2.45) is 0 Å². The normalized spacial score (nSPS) is 11.1. The molecule has 0 aliphatic heterocycles. The zero-order valence-electron chi connectivity index (χ0n) is 14.3. The van der Waals surface area contributed by atoms with Gasteiger partial charge in [-0.25, -0.2) is 4.98 Å². The van der Waals surface area contributed by atoms with Crippen LogP contribution in [0.2, 0.25) is 0 Å². The van der Waals surface area contributed by atoms with E-state index in [0.717, 1.165) is 46.6 Å². The maximum Gasteiger partial charge on any atom is 0.114 e. The third kappa shape index (κ3) is 2.82. The Balaban J connectivity index is 1.86. The van der Waals surface area contributed by atoms with E-state index in [1.807, 2.05) is 24.4 Å². The van der Waals surface area contributed by atoms with Gasteiger partial charge in [0.05, 0.1) is 16.7 Å². The Morgan fingerprint density at radius 2 is 1.84 bits per heavy atom. The first-order valence-electron chi connectivity index (χ1n) is 8.61. The minimum Gasteiger partial charge on any atom is -0.296 e. The quantitative estimate of drug-likeness (QED) is 0.527. The molecule has 0 aliphatic rings. The Hall–Kier alpha value is -2.94. The van der Waals surface area contributed by atoms with E-state index in [2.05, 4.69) is 65.9 Å². The molecule has 0 saturated heterocycles. The molecule has 25 heavy (non-hydrogen) atoms. The fourth-order valence-electron chi connectivity index (χ4n) is 3.16. The van der Waals surface area contributed by atoms with Crippen LogP contribution < -0.4 is 0 Å². The summed E-state index contributed by atoms with van der Waals surface area (Å²) in [6.07, 6.45) is 3.50. The Morgan fingerprint density at radius 1 is 1.00 bits per heavy atom. The molecule has 4 rings (SSSR count). The maximum absolute atomic E-state index is 4.86. The third-order valence-corrected chi connectivity index (χ3v) is 4.48. The van der Waals surface area contributed by atoms with Gasteiger partial charge in [0.25, 0.3) is 0 Å². The van der Waals surface area contributed by atoms with Gasteiger partial charge in [-0.3, -0.25) is 9.55 Å². The largest absolute Gasteiger partial charge is 0.296 e. The summed E-state index contributed by atoms with van der Waals surface area (Å²) in [6, 6.07) is 20.9. The van der Waals surface area contributed by atoms with Gasteiger partial charge in [-0.2, -0.15) is 0 Å². The lowest BCUT2D eigenvalue weighted by Crippen LogP contribution is -2.00. The minimum absolute atomic E-state index is 0.805. The van der Waals surface area contributed by atoms with Crippen LogP contribution in [0.5, 0.6) is 0 Å². The first-order valence-corrected chi connectivity index (χ1v) is 8.61. The molecule has 2 aromatic heterocycles. The Labute approximate surface area is 148 Å². The van der Waals surface area contributed by atoms with E-state index in [1.54, 1.807) is 0 Å². The molecular formula is C22H20N3. The topological polar surface area (TPSA) is 30.7 Å². The molecule has 4 aromatic rings. The van der Waals surface area contributed by atoms with Gasteiger partial charge >= 0.3 is 0 Å². The number of aryl methyl sites for hydroxylation is 1. The van der Waals surface area contributed by atoms with Crippen LogP contribution in [-0.4, -0.2) is 14.5 Å². The Bertz CT molecular complexity index is 999. The standard InChI is InChI=1S/C22H20N3/c1-3-16-8-11-18(12-9-16)25-21-13-10-17(19-7-5-6-14-23-19)15-20(21)24-22(25)4-2/h5-15H,1,3-4H2,2H3. The van der Waals surface area contributed by atoms with Crippen LogP contribution >= 0.6 is 0 Å². The molecule has 0 saturated carbocycles. The highest BCUT2D eigenvalue weighted by Gasteiger charge is 2.12. The lowest BCUT2D eigenvalue weighted by molar-refractivity contribution is 0.907. The van der Waals surface area contributed by atoms with Gasteiger partial charge in [0.1, 0.15) is 5.82 Å². The second-order valence-corrected chi connectivity index (χ2v) is 6.05. The molecule has 0 N–H and O–H groups in total. The van der Waals surface area contributed by atoms with E-state index >= 15 is 0 Å². The first kappa shape index (κ1) is 15.6. The molecule has 0 spiro atoms. The molecule has 1 radical (unpaired) electrons. The van der Waals surface area contributed by atoms with Crippen molar-refractivity contribution in [2.45, 2.75) is 19.8 Å². The molecule has 2 heterocycles. The van der Waals surface area contributed by atoms with Crippen molar-refractivity contribution >= 4 is 11.0 Å². The summed E-state index contributed by atoms with van der Waals surface area (Å²) in [5.41, 5.74) is 6.57. The molecule has 3 nitrogen and oxygen atoms in total. The molecular weight excluding hydrogens is 306 g/mol. The highest BCUT2D eigenvalue weighted by Crippen LogP contribution is 2.26. The van der Waals surface area contributed by atoms with E-state index in [1.165, 1.54) is 5.56 Å². The van der Waals surface area contributed by atoms with Crippen LogP contribution in [-0.2, 0) is 12.8 Å². The molecule has 3 heteroatoms. The van der Waals surface area contributed by atoms with Crippen molar-refractivity contribution < 1.29 is 0 Å². The van der Waals surface area contributed by atoms with Crippen LogP contribution in [0.4, 0.5) is 0 Å². The van der Waals surface area contributed by atoms with E-state index in [-0.39, 0.29) is 0 Å². The number of pyridine rings is 1. The van der Waals surface area contributed by atoms with Crippen LogP contribution in [0.3, 0.4) is 0 Å². The number of aromatic nitrogens is 3. The average Bonchev–Trinajstić information content (AvgIpc) is 3.06. The molecule has 0 bridgehead atoms. The molecule has 0 amide bonds. The summed E-state index contributed by atoms with van der Waals surface area (Å²) in [7, 11) is 0. The van der Waals surface area contributed by atoms with E-state index in [4.69, 9.17) is 4.98 Å². The predicted octanol–water partition coefficient (Wildman–Crippen LogP) is 5.03. The molecule has 123 valence electrons. The fraction of sp³-hybridized carbons (Fsp3) is 0.136. The second kappa shape index (κ2) is 6.52. The Morgan fingerprint density at radius 3 is 2.52 bits per heavy atom. The molecule has 0 unspecified atom stereocenters. The molecule has 0 fully saturated rings. The number of hydrogen-bond acceptors (Lipinski definition) is 2. The summed E-state index contributed by atoms with van der Waals surface area (Å²) in [6.45, 7) is 6.09. The SMILES string of the molecule is [CH2]Cc1ccc(-n2c(CC)nc3cc(-c4ccccn4)ccc32)cc1. The molecule has 0 atom stereocenters. The van der Waals surface area contributed by atoms with Crippen molar-refractivity contribution in [3.05, 3.63) is 85.2 Å². The Kier molecular flexibility index (Phi) is 4.06. The van der Waals surface area contributed by atoms with Gasteiger partial charge in [-0.1, -0.05) is 31.2 Å². The van der Waals surface area contributed by atoms with Crippen molar-refractivity contribution in [1.29, 1.82) is 0 Å². The monoisotopic (exact) mass is 326 g/mol. The highest BCUT2D eigenvalue weighted by molar-refractivity contribution is 5.83. The lowest BCUT2D eigenvalue weighted by Gasteiger charge is -2.09. The van der Waals surface area contributed by atoms with E-state index in [9.17, 15) is 0 Å². The average molecular weight is 326 g/mol. The van der Waals surface area contributed by atoms with Gasteiger partial charge in [-0.15, -0.1) is 0 Å². The van der Waals surface area contributed by atoms with Gasteiger partial charge in [0.15, 0.2) is 0 Å². The minimum atomic E-state index is 0.805. The van der Waals surface area contributed by atoms with Crippen molar-refractivity contribution in [3.8, 4) is 16.9 Å². The zero-order valence-corrected chi connectivity index (χ0v) is 14.3. The van der Waals surface area contributed by atoms with Crippen LogP contribution in [0.15, 0.2) is 66.9 Å². The first-order chi connectivity index (χ1) is 12.3. The number of hydrogen-bond donors (Lipinski definition) is 0. The summed E-state index contributed by atoms with van der Waals surface area (Å²) in [5, 5.41) is 0. The third-order valence-electron chi connectivity index (χ3n) is 4.48. The smallest absolute Gasteiger partial charge is 0.114 e. The molecule has 2 aromatic carbocycles. The van der Waals surface area contributed by atoms with Gasteiger partial charge < -0.3 is 0 Å². The van der Waals surface area contributed by atoms with Gasteiger partial charge in [0.2, 0.25) is 0 Å². The number of benzene rings is 2. The number of rotatable bonds is 4. The summed E-state index contributed by atoms with van der Waals surface area (Å²) < 4.78 is 2.24. The summed E-state index contributed by atoms with van der Waals surface area (Å²) >= 11 is 0. The van der Waals surface area contributed by atoms with Crippen LogP contribution in [0, 0.1) is 6.92 Å². The van der Waals surface area contributed by atoms with Crippen LogP contribution in [0.25, 0.3) is 28.0 Å². The predicted molar refractivity (Wildman–Crippen MR) is 103 cm³/mol. The zero-order chi connectivity index (χ0) is 17.2. The van der Waals surface area contributed by atoms with Crippen LogP contribution in [0.1, 0.15) is 18.3 Å². The van der Waals surface area contributed by atoms with Gasteiger partial charge in [-0.05, 0) is 55.3 Å². The van der Waals surface area contributed by atoms with E-state index in [0.29, 0.717) is 0 Å². The number of nitrogens with zero attached hydrogens (tertiary/aromatic N) is 3. The summed E-state index contributed by atoms with van der Waals surface area (Å²) in [5.74, 6) is 1.07. The maximum atomic E-state index is 4.86. The number of imidazole rings is 1. The second-order valence-electron chi connectivity index (χ2n) is 6.05. The van der Waals surface area contributed by atoms with Crippen molar-refractivity contribution in [2.75, 3.05) is 0 Å². The van der Waals surface area contributed by atoms with E-state index < -0.39 is 0 Å². The number of fused-ring (bicyclic) bond motifs is 1. The van der Waals surface area contributed by atoms with Gasteiger partial charge in [0, 0.05) is 23.9 Å². The summed E-state index contributed by atoms with van der Waals surface area (Å²) in [4.78, 5) is 9.30. The highest BCUT2D eigenvalue weighted by atomic mass is 15.1. The van der Waals surface area contributed by atoms with Crippen molar-refractivity contribution in [3.63, 3.8) is 0 Å². The lowest BCUT2D eigenvalue weighted by atomic mass is 10.1. The van der Waals surface area contributed by atoms with Crippen molar-refractivity contribution in [1.82, 2.24) is 14.5 Å².